The van der Waals surface area contributed by atoms with E-state index >= 15 is 0 Å². The summed E-state index contributed by atoms with van der Waals surface area (Å²) in [5.41, 5.74) is -0.697. The van der Waals surface area contributed by atoms with E-state index in [4.69, 9.17) is 0 Å². The van der Waals surface area contributed by atoms with Crippen LogP contribution in [0.25, 0.3) is 0 Å². The number of aryl methyl sites for hydroxylation is 1. The maximum absolute atomic E-state index is 12.5. The Morgan fingerprint density at radius 2 is 2.11 bits per heavy atom. The molecule has 0 bridgehead atoms. The van der Waals surface area contributed by atoms with Gasteiger partial charge in [-0.05, 0) is 24.6 Å². The number of hydrogen-bond donors (Lipinski definition) is 1. The lowest BCUT2D eigenvalue weighted by Gasteiger charge is -2.09. The highest BCUT2D eigenvalue weighted by Crippen LogP contribution is 2.29. The van der Waals surface area contributed by atoms with Gasteiger partial charge >= 0.3 is 6.18 Å². The van der Waals surface area contributed by atoms with Crippen LogP contribution >= 0.6 is 0 Å². The monoisotopic (exact) mass is 270 g/mol. The summed E-state index contributed by atoms with van der Waals surface area (Å²) in [7, 11) is 0. The lowest BCUT2D eigenvalue weighted by Crippen LogP contribution is -2.10. The third-order valence-corrected chi connectivity index (χ3v) is 2.52. The van der Waals surface area contributed by atoms with E-state index in [-0.39, 0.29) is 5.82 Å². The molecular weight excluding hydrogens is 257 g/mol. The molecule has 0 saturated heterocycles. The van der Waals surface area contributed by atoms with Crippen LogP contribution in [0.3, 0.4) is 0 Å². The molecule has 0 radical (unpaired) electrons. The summed E-state index contributed by atoms with van der Waals surface area (Å²) in [5.74, 6) is 0.232. The zero-order valence-electron chi connectivity index (χ0n) is 10.1. The zero-order valence-corrected chi connectivity index (χ0v) is 10.1. The van der Waals surface area contributed by atoms with Crippen LogP contribution in [0.15, 0.2) is 36.8 Å². The Morgan fingerprint density at radius 1 is 1.26 bits per heavy atom. The summed E-state index contributed by atoms with van der Waals surface area (Å²) in [6, 6.07) is 3.78. The normalized spacial score (nSPS) is 11.5. The molecule has 102 valence electrons. The van der Waals surface area contributed by atoms with Crippen LogP contribution in [-0.2, 0) is 12.7 Å². The molecule has 2 heterocycles. The van der Waals surface area contributed by atoms with E-state index in [2.05, 4.69) is 15.4 Å². The van der Waals surface area contributed by atoms with E-state index in [1.807, 2.05) is 12.3 Å². The van der Waals surface area contributed by atoms with Crippen molar-refractivity contribution in [2.24, 2.45) is 0 Å². The molecule has 0 aliphatic rings. The predicted octanol–water partition coefficient (Wildman–Crippen LogP) is 2.80. The molecule has 2 rings (SSSR count). The average molecular weight is 270 g/mol. The van der Waals surface area contributed by atoms with Gasteiger partial charge in [0.25, 0.3) is 0 Å². The number of nitrogens with one attached hydrogen (secondary N) is 1. The van der Waals surface area contributed by atoms with Crippen LogP contribution in [-0.4, -0.2) is 21.3 Å². The van der Waals surface area contributed by atoms with Crippen LogP contribution in [0.1, 0.15) is 12.0 Å². The van der Waals surface area contributed by atoms with Gasteiger partial charge in [0.15, 0.2) is 0 Å². The van der Waals surface area contributed by atoms with Crippen molar-refractivity contribution in [2.45, 2.75) is 19.1 Å². The highest BCUT2D eigenvalue weighted by atomic mass is 19.4. The van der Waals surface area contributed by atoms with Crippen molar-refractivity contribution in [1.82, 2.24) is 14.8 Å². The van der Waals surface area contributed by atoms with Crippen molar-refractivity contribution in [2.75, 3.05) is 11.9 Å². The molecule has 0 atom stereocenters. The first-order valence-electron chi connectivity index (χ1n) is 5.80. The second-order valence-electron chi connectivity index (χ2n) is 3.98. The van der Waals surface area contributed by atoms with Crippen molar-refractivity contribution in [3.05, 3.63) is 42.4 Å². The topological polar surface area (TPSA) is 42.7 Å². The summed E-state index contributed by atoms with van der Waals surface area (Å²) in [4.78, 5) is 3.85. The van der Waals surface area contributed by atoms with E-state index in [9.17, 15) is 13.2 Å². The Morgan fingerprint density at radius 3 is 2.79 bits per heavy atom. The molecule has 4 nitrogen and oxygen atoms in total. The third kappa shape index (κ3) is 3.97. The molecule has 0 fully saturated rings. The van der Waals surface area contributed by atoms with E-state index in [1.54, 1.807) is 10.9 Å². The van der Waals surface area contributed by atoms with E-state index in [1.165, 1.54) is 0 Å². The summed E-state index contributed by atoms with van der Waals surface area (Å²) < 4.78 is 39.2. The van der Waals surface area contributed by atoms with Crippen LogP contribution in [0, 0.1) is 0 Å². The van der Waals surface area contributed by atoms with E-state index < -0.39 is 11.7 Å². The average Bonchev–Trinajstić information content (AvgIpc) is 2.87. The number of anilines is 1. The van der Waals surface area contributed by atoms with Crippen molar-refractivity contribution in [1.29, 1.82) is 0 Å². The quantitative estimate of drug-likeness (QED) is 0.849. The van der Waals surface area contributed by atoms with E-state index in [0.29, 0.717) is 13.1 Å². The molecule has 7 heteroatoms. The van der Waals surface area contributed by atoms with Crippen molar-refractivity contribution >= 4 is 5.82 Å². The number of hydrogen-bond acceptors (Lipinski definition) is 3. The minimum Gasteiger partial charge on any atom is -0.370 e. The Bertz CT molecular complexity index is 508. The van der Waals surface area contributed by atoms with Gasteiger partial charge in [-0.1, -0.05) is 0 Å². The molecule has 0 aromatic carbocycles. The summed E-state index contributed by atoms with van der Waals surface area (Å²) in [6.45, 7) is 1.24. The minimum atomic E-state index is -4.34. The molecular formula is C12H13F3N4. The predicted molar refractivity (Wildman–Crippen MR) is 64.6 cm³/mol. The van der Waals surface area contributed by atoms with Crippen LogP contribution in [0.5, 0.6) is 0 Å². The largest absolute Gasteiger partial charge is 0.416 e. The summed E-state index contributed by atoms with van der Waals surface area (Å²) >= 11 is 0. The number of rotatable bonds is 5. The zero-order chi connectivity index (χ0) is 13.7. The fraction of sp³-hybridized carbons (Fsp3) is 0.333. The number of aromatic nitrogens is 3. The Balaban J connectivity index is 1.83. The molecule has 1 N–H and O–H groups in total. The maximum Gasteiger partial charge on any atom is 0.416 e. The Hall–Kier alpha value is -2.05. The number of nitrogens with zero attached hydrogens (tertiary/aromatic N) is 3. The first-order valence-corrected chi connectivity index (χ1v) is 5.80. The molecule has 0 aliphatic heterocycles. The first-order chi connectivity index (χ1) is 9.05. The first kappa shape index (κ1) is 13.4. The smallest absolute Gasteiger partial charge is 0.370 e. The molecule has 0 amide bonds. The molecule has 2 aromatic rings. The lowest BCUT2D eigenvalue weighted by atomic mass is 10.2. The molecule has 0 unspecified atom stereocenters. The summed E-state index contributed by atoms with van der Waals surface area (Å²) in [6.07, 6.45) is 1.08. The Kier molecular flexibility index (Phi) is 4.03. The van der Waals surface area contributed by atoms with Gasteiger partial charge in [-0.15, -0.1) is 0 Å². The maximum atomic E-state index is 12.5. The van der Waals surface area contributed by atoms with E-state index in [0.717, 1.165) is 24.8 Å². The van der Waals surface area contributed by atoms with Gasteiger partial charge in [0.05, 0.1) is 5.56 Å². The van der Waals surface area contributed by atoms with Crippen LogP contribution in [0.4, 0.5) is 19.0 Å². The van der Waals surface area contributed by atoms with Gasteiger partial charge in [-0.3, -0.25) is 4.68 Å². The third-order valence-electron chi connectivity index (χ3n) is 2.52. The molecule has 2 aromatic heterocycles. The van der Waals surface area contributed by atoms with Crippen LogP contribution < -0.4 is 5.32 Å². The highest BCUT2D eigenvalue weighted by molar-refractivity contribution is 5.38. The van der Waals surface area contributed by atoms with Gasteiger partial charge < -0.3 is 5.32 Å². The number of pyridine rings is 1. The molecule has 0 aliphatic carbocycles. The van der Waals surface area contributed by atoms with Crippen molar-refractivity contribution in [3.8, 4) is 0 Å². The Labute approximate surface area is 108 Å². The standard InChI is InChI=1S/C12H13F3N4/c13-12(14,15)10-3-6-17-11(9-10)16-4-1-7-19-8-2-5-18-19/h2-3,5-6,8-9H,1,4,7H2,(H,16,17). The molecule has 0 spiro atoms. The SMILES string of the molecule is FC(F)(F)c1ccnc(NCCCn2cccn2)c1. The van der Waals surface area contributed by atoms with Crippen LogP contribution in [0.2, 0.25) is 0 Å². The minimum absolute atomic E-state index is 0.232. The number of halogens is 3. The molecule has 19 heavy (non-hydrogen) atoms. The number of alkyl halides is 3. The van der Waals surface area contributed by atoms with Gasteiger partial charge in [0.1, 0.15) is 5.82 Å². The van der Waals surface area contributed by atoms with Gasteiger partial charge in [-0.2, -0.15) is 18.3 Å². The van der Waals surface area contributed by atoms with Crippen molar-refractivity contribution < 1.29 is 13.2 Å². The van der Waals surface area contributed by atoms with Crippen molar-refractivity contribution in [3.63, 3.8) is 0 Å². The second-order valence-corrected chi connectivity index (χ2v) is 3.98. The highest BCUT2D eigenvalue weighted by Gasteiger charge is 2.30. The fourth-order valence-electron chi connectivity index (χ4n) is 1.59. The van der Waals surface area contributed by atoms with Gasteiger partial charge in [0.2, 0.25) is 0 Å². The second kappa shape index (κ2) is 5.73. The lowest BCUT2D eigenvalue weighted by molar-refractivity contribution is -0.137. The van der Waals surface area contributed by atoms with Gasteiger partial charge in [-0.25, -0.2) is 4.98 Å². The summed E-state index contributed by atoms with van der Waals surface area (Å²) in [5, 5.41) is 6.90. The molecule has 0 saturated carbocycles. The fourth-order valence-corrected chi connectivity index (χ4v) is 1.59. The van der Waals surface area contributed by atoms with Gasteiger partial charge in [0, 0.05) is 31.7 Å².